The topological polar surface area (TPSA) is 58.5 Å². The quantitative estimate of drug-likeness (QED) is 0.265. The Morgan fingerprint density at radius 2 is 2.04 bits per heavy atom. The molecule has 0 saturated heterocycles. The maximum absolute atomic E-state index is 5.36. The van der Waals surface area contributed by atoms with E-state index in [1.54, 1.807) is 25.5 Å². The Hall–Kier alpha value is -1.35. The third-order valence-electron chi connectivity index (χ3n) is 3.64. The second-order valence-corrected chi connectivity index (χ2v) is 6.45. The van der Waals surface area contributed by atoms with Gasteiger partial charge in [0.05, 0.1) is 12.1 Å². The average molecular weight is 474 g/mol. The van der Waals surface area contributed by atoms with E-state index in [1.807, 2.05) is 25.1 Å². The first-order chi connectivity index (χ1) is 11.7. The molecule has 0 spiro atoms. The number of hydrogen-bond acceptors (Lipinski definition) is 4. The molecule has 2 rings (SSSR count). The number of methoxy groups -OCH3 is 1. The van der Waals surface area contributed by atoms with Crippen molar-refractivity contribution in [2.24, 2.45) is 4.99 Å². The normalized spacial score (nSPS) is 10.9. The molecule has 0 aliphatic heterocycles. The molecule has 0 bridgehead atoms. The molecule has 0 saturated carbocycles. The van der Waals surface area contributed by atoms with Gasteiger partial charge in [-0.25, -0.2) is 4.98 Å². The van der Waals surface area contributed by atoms with Crippen molar-refractivity contribution in [3.8, 4) is 5.75 Å². The Bertz CT molecular complexity index is 660. The van der Waals surface area contributed by atoms with Crippen molar-refractivity contribution in [2.75, 3.05) is 20.7 Å². The number of rotatable bonds is 8. The van der Waals surface area contributed by atoms with Crippen molar-refractivity contribution in [1.82, 2.24) is 15.6 Å². The number of unbranched alkanes of at least 4 members (excludes halogenated alkanes) is 1. The summed E-state index contributed by atoms with van der Waals surface area (Å²) < 4.78 is 5.36. The summed E-state index contributed by atoms with van der Waals surface area (Å²) in [5, 5.41) is 10.0. The molecule has 0 aliphatic rings. The zero-order valence-corrected chi connectivity index (χ0v) is 18.2. The molecule has 0 aliphatic carbocycles. The zero-order chi connectivity index (χ0) is 17.2. The van der Waals surface area contributed by atoms with Gasteiger partial charge in [-0.2, -0.15) is 0 Å². The fourth-order valence-electron chi connectivity index (χ4n) is 2.37. The largest absolute Gasteiger partial charge is 0.496 e. The highest BCUT2D eigenvalue weighted by molar-refractivity contribution is 14.0. The zero-order valence-electron chi connectivity index (χ0n) is 15.0. The molecular weight excluding hydrogens is 447 g/mol. The number of nitrogens with one attached hydrogen (secondary N) is 2. The van der Waals surface area contributed by atoms with Crippen LogP contribution < -0.4 is 15.4 Å². The number of aliphatic imine (C=N–C) groups is 1. The molecule has 0 fully saturated rings. The minimum absolute atomic E-state index is 0. The standard InChI is InChI=1S/C18H26N4OS.HI/c1-14-13-24-17(22-14)10-6-7-11-20-18(19-2)21-12-15-8-4-5-9-16(15)23-3;/h4-5,8-9,13H,6-7,10-12H2,1-3H3,(H2,19,20,21);1H. The van der Waals surface area contributed by atoms with Crippen molar-refractivity contribution in [2.45, 2.75) is 32.7 Å². The first-order valence-electron chi connectivity index (χ1n) is 8.20. The number of thiazole rings is 1. The van der Waals surface area contributed by atoms with Gasteiger partial charge in [0, 0.05) is 36.8 Å². The predicted octanol–water partition coefficient (Wildman–Crippen LogP) is 3.77. The second kappa shape index (κ2) is 12.1. The minimum atomic E-state index is 0. The number of halogens is 1. The Morgan fingerprint density at radius 1 is 1.24 bits per heavy atom. The van der Waals surface area contributed by atoms with Crippen LogP contribution in [0.15, 0.2) is 34.6 Å². The van der Waals surface area contributed by atoms with Gasteiger partial charge in [0.15, 0.2) is 5.96 Å². The summed E-state index contributed by atoms with van der Waals surface area (Å²) in [5.41, 5.74) is 2.23. The van der Waals surface area contributed by atoms with Gasteiger partial charge in [-0.1, -0.05) is 18.2 Å². The summed E-state index contributed by atoms with van der Waals surface area (Å²) in [6.07, 6.45) is 3.27. The molecule has 2 N–H and O–H groups in total. The molecular formula is C18H27IN4OS. The van der Waals surface area contributed by atoms with Crippen LogP contribution in [0.25, 0.3) is 0 Å². The van der Waals surface area contributed by atoms with Crippen molar-refractivity contribution >= 4 is 41.3 Å². The van der Waals surface area contributed by atoms with Crippen LogP contribution in [-0.2, 0) is 13.0 Å². The van der Waals surface area contributed by atoms with Crippen LogP contribution in [0, 0.1) is 6.92 Å². The van der Waals surface area contributed by atoms with Gasteiger partial charge in [-0.15, -0.1) is 35.3 Å². The number of aromatic nitrogens is 1. The third kappa shape index (κ3) is 7.60. The Morgan fingerprint density at radius 3 is 2.72 bits per heavy atom. The molecule has 0 amide bonds. The van der Waals surface area contributed by atoms with Crippen LogP contribution in [0.5, 0.6) is 5.75 Å². The van der Waals surface area contributed by atoms with Crippen LogP contribution in [0.4, 0.5) is 0 Å². The molecule has 0 unspecified atom stereocenters. The van der Waals surface area contributed by atoms with Crippen LogP contribution in [0.3, 0.4) is 0 Å². The fraction of sp³-hybridized carbons (Fsp3) is 0.444. The number of hydrogen-bond donors (Lipinski definition) is 2. The minimum Gasteiger partial charge on any atom is -0.496 e. The first kappa shape index (κ1) is 21.7. The maximum Gasteiger partial charge on any atom is 0.191 e. The van der Waals surface area contributed by atoms with E-state index in [4.69, 9.17) is 4.74 Å². The third-order valence-corrected chi connectivity index (χ3v) is 4.67. The van der Waals surface area contributed by atoms with Gasteiger partial charge in [0.25, 0.3) is 0 Å². The summed E-state index contributed by atoms with van der Waals surface area (Å²) >= 11 is 1.75. The summed E-state index contributed by atoms with van der Waals surface area (Å²) in [5.74, 6) is 1.70. The van der Waals surface area contributed by atoms with E-state index >= 15 is 0 Å². The molecule has 138 valence electrons. The van der Waals surface area contributed by atoms with Crippen molar-refractivity contribution < 1.29 is 4.74 Å². The number of aryl methyl sites for hydroxylation is 2. The molecule has 1 heterocycles. The Balaban J connectivity index is 0.00000312. The molecule has 0 radical (unpaired) electrons. The van der Waals surface area contributed by atoms with E-state index in [0.717, 1.165) is 48.8 Å². The fourth-order valence-corrected chi connectivity index (χ4v) is 3.19. The van der Waals surface area contributed by atoms with Crippen LogP contribution in [0.2, 0.25) is 0 Å². The molecule has 1 aromatic heterocycles. The first-order valence-corrected chi connectivity index (χ1v) is 9.08. The smallest absolute Gasteiger partial charge is 0.191 e. The number of ether oxygens (including phenoxy) is 1. The van der Waals surface area contributed by atoms with Crippen LogP contribution >= 0.6 is 35.3 Å². The number of para-hydroxylation sites is 1. The molecule has 2 aromatic rings. The van der Waals surface area contributed by atoms with Gasteiger partial charge in [0.1, 0.15) is 5.75 Å². The monoisotopic (exact) mass is 474 g/mol. The van der Waals surface area contributed by atoms with E-state index in [-0.39, 0.29) is 24.0 Å². The van der Waals surface area contributed by atoms with E-state index in [9.17, 15) is 0 Å². The maximum atomic E-state index is 5.36. The Kier molecular flexibility index (Phi) is 10.5. The van der Waals surface area contributed by atoms with Crippen molar-refractivity contribution in [3.63, 3.8) is 0 Å². The van der Waals surface area contributed by atoms with Crippen LogP contribution in [0.1, 0.15) is 29.1 Å². The average Bonchev–Trinajstić information content (AvgIpc) is 3.02. The van der Waals surface area contributed by atoms with E-state index in [0.29, 0.717) is 6.54 Å². The van der Waals surface area contributed by atoms with Crippen molar-refractivity contribution in [1.29, 1.82) is 0 Å². The number of nitrogens with zero attached hydrogens (tertiary/aromatic N) is 2. The molecule has 1 aromatic carbocycles. The lowest BCUT2D eigenvalue weighted by Crippen LogP contribution is -2.37. The highest BCUT2D eigenvalue weighted by Crippen LogP contribution is 2.16. The number of benzene rings is 1. The van der Waals surface area contributed by atoms with Gasteiger partial charge < -0.3 is 15.4 Å². The van der Waals surface area contributed by atoms with E-state index in [1.165, 1.54) is 5.01 Å². The second-order valence-electron chi connectivity index (χ2n) is 5.50. The highest BCUT2D eigenvalue weighted by atomic mass is 127. The Labute approximate surface area is 171 Å². The van der Waals surface area contributed by atoms with E-state index in [2.05, 4.69) is 32.1 Å². The van der Waals surface area contributed by atoms with E-state index < -0.39 is 0 Å². The van der Waals surface area contributed by atoms with Gasteiger partial charge in [-0.05, 0) is 32.3 Å². The number of guanidine groups is 1. The van der Waals surface area contributed by atoms with Crippen molar-refractivity contribution in [3.05, 3.63) is 45.9 Å². The van der Waals surface area contributed by atoms with Gasteiger partial charge >= 0.3 is 0 Å². The van der Waals surface area contributed by atoms with Crippen LogP contribution in [-0.4, -0.2) is 31.6 Å². The summed E-state index contributed by atoms with van der Waals surface area (Å²) in [7, 11) is 3.48. The lowest BCUT2D eigenvalue weighted by atomic mass is 10.2. The summed E-state index contributed by atoms with van der Waals surface area (Å²) in [6, 6.07) is 8.00. The predicted molar refractivity (Wildman–Crippen MR) is 116 cm³/mol. The molecule has 7 heteroatoms. The van der Waals surface area contributed by atoms with Gasteiger partial charge in [-0.3, -0.25) is 4.99 Å². The summed E-state index contributed by atoms with van der Waals surface area (Å²) in [4.78, 5) is 8.75. The molecule has 25 heavy (non-hydrogen) atoms. The lowest BCUT2D eigenvalue weighted by Gasteiger charge is -2.13. The molecule has 0 atom stereocenters. The highest BCUT2D eigenvalue weighted by Gasteiger charge is 2.03. The van der Waals surface area contributed by atoms with Gasteiger partial charge in [0.2, 0.25) is 0 Å². The molecule has 5 nitrogen and oxygen atoms in total. The lowest BCUT2D eigenvalue weighted by molar-refractivity contribution is 0.409. The summed E-state index contributed by atoms with van der Waals surface area (Å²) in [6.45, 7) is 3.62. The SMILES string of the molecule is CN=C(NCCCCc1nc(C)cs1)NCc1ccccc1OC.I.